The van der Waals surface area contributed by atoms with E-state index in [1.807, 2.05) is 6.07 Å². The maximum atomic E-state index is 14.9. The van der Waals surface area contributed by atoms with Gasteiger partial charge in [-0.05, 0) is 48.1 Å². The van der Waals surface area contributed by atoms with Crippen molar-refractivity contribution >= 4 is 21.6 Å². The number of halogens is 1. The van der Waals surface area contributed by atoms with E-state index in [0.29, 0.717) is 38.4 Å². The van der Waals surface area contributed by atoms with Gasteiger partial charge < -0.3 is 0 Å². The van der Waals surface area contributed by atoms with E-state index in [9.17, 15) is 19.2 Å². The smallest absolute Gasteiger partial charge is 0.280 e. The predicted octanol–water partition coefficient (Wildman–Crippen LogP) is 4.35. The van der Waals surface area contributed by atoms with Gasteiger partial charge in [-0.1, -0.05) is 30.3 Å². The van der Waals surface area contributed by atoms with Crippen molar-refractivity contribution < 1.29 is 4.39 Å². The standard InChI is InChI=1S/C23H16FN3O2S/c24-19-9-14(17-4-2-1-3-15(17)11-25)7-8-16(19)12-27-22-18(21(28)26-23(27)29)10-20(30-22)13-5-6-13/h1-4,7-10,13H,5-6,12H2,(H,26,28,29). The molecule has 5 nitrogen and oxygen atoms in total. The summed E-state index contributed by atoms with van der Waals surface area (Å²) in [5.41, 5.74) is 1.11. The van der Waals surface area contributed by atoms with Gasteiger partial charge in [0.2, 0.25) is 0 Å². The lowest BCUT2D eigenvalue weighted by Gasteiger charge is -2.10. The molecule has 1 N–H and O–H groups in total. The molecular formula is C23H16FN3O2S. The Kier molecular flexibility index (Phi) is 4.37. The first kappa shape index (κ1) is 18.5. The molecule has 1 fully saturated rings. The van der Waals surface area contributed by atoms with E-state index in [1.165, 1.54) is 22.0 Å². The largest absolute Gasteiger partial charge is 0.329 e. The molecule has 0 aliphatic heterocycles. The van der Waals surface area contributed by atoms with Crippen molar-refractivity contribution in [2.45, 2.75) is 25.3 Å². The van der Waals surface area contributed by atoms with Gasteiger partial charge in [-0.3, -0.25) is 14.3 Å². The van der Waals surface area contributed by atoms with Crippen LogP contribution >= 0.6 is 11.3 Å². The molecule has 1 saturated carbocycles. The van der Waals surface area contributed by atoms with Crippen LogP contribution in [0.4, 0.5) is 4.39 Å². The Hall–Kier alpha value is -3.50. The summed E-state index contributed by atoms with van der Waals surface area (Å²) in [6, 6.07) is 15.7. The van der Waals surface area contributed by atoms with Gasteiger partial charge in [0.25, 0.3) is 5.56 Å². The highest BCUT2D eigenvalue weighted by Crippen LogP contribution is 2.44. The molecule has 4 aromatic rings. The predicted molar refractivity (Wildman–Crippen MR) is 114 cm³/mol. The molecule has 2 aromatic carbocycles. The average molecular weight is 417 g/mol. The third-order valence-electron chi connectivity index (χ3n) is 5.41. The van der Waals surface area contributed by atoms with Gasteiger partial charge in [0.05, 0.1) is 23.6 Å². The zero-order valence-electron chi connectivity index (χ0n) is 15.8. The SMILES string of the molecule is N#Cc1ccccc1-c1ccc(Cn2c(=O)[nH]c(=O)c3cc(C4CC4)sc32)c(F)c1. The zero-order valence-corrected chi connectivity index (χ0v) is 16.6. The molecule has 1 aliphatic carbocycles. The number of aromatic nitrogens is 2. The van der Waals surface area contributed by atoms with Crippen molar-refractivity contribution in [1.82, 2.24) is 9.55 Å². The zero-order chi connectivity index (χ0) is 20.8. The molecule has 5 rings (SSSR count). The number of benzene rings is 2. The maximum absolute atomic E-state index is 14.9. The molecule has 0 amide bonds. The van der Waals surface area contributed by atoms with Crippen molar-refractivity contribution in [2.75, 3.05) is 0 Å². The third kappa shape index (κ3) is 3.15. The second-order valence-corrected chi connectivity index (χ2v) is 8.51. The van der Waals surface area contributed by atoms with Crippen LogP contribution in [0.15, 0.2) is 58.1 Å². The van der Waals surface area contributed by atoms with Crippen LogP contribution in [-0.2, 0) is 6.54 Å². The Morgan fingerprint density at radius 2 is 1.97 bits per heavy atom. The van der Waals surface area contributed by atoms with Gasteiger partial charge in [-0.15, -0.1) is 11.3 Å². The number of hydrogen-bond donors (Lipinski definition) is 1. The van der Waals surface area contributed by atoms with Crippen LogP contribution in [0.3, 0.4) is 0 Å². The van der Waals surface area contributed by atoms with Crippen molar-refractivity contribution in [1.29, 1.82) is 5.26 Å². The first-order valence-corrected chi connectivity index (χ1v) is 10.4. The van der Waals surface area contributed by atoms with Gasteiger partial charge in [0.1, 0.15) is 10.6 Å². The number of nitriles is 1. The number of nitrogens with zero attached hydrogens (tertiary/aromatic N) is 2. The highest BCUT2D eigenvalue weighted by atomic mass is 32.1. The van der Waals surface area contributed by atoms with E-state index < -0.39 is 17.1 Å². The lowest BCUT2D eigenvalue weighted by molar-refractivity contribution is 0.598. The van der Waals surface area contributed by atoms with Crippen molar-refractivity contribution in [3.63, 3.8) is 0 Å². The van der Waals surface area contributed by atoms with Crippen LogP contribution < -0.4 is 11.2 Å². The number of aromatic amines is 1. The van der Waals surface area contributed by atoms with Crippen molar-refractivity contribution in [2.24, 2.45) is 0 Å². The molecule has 0 spiro atoms. The number of thiophene rings is 1. The molecule has 0 unspecified atom stereocenters. The van der Waals surface area contributed by atoms with Gasteiger partial charge in [-0.25, -0.2) is 9.18 Å². The Balaban J connectivity index is 1.57. The molecule has 1 aliphatic rings. The topological polar surface area (TPSA) is 78.7 Å². The lowest BCUT2D eigenvalue weighted by Crippen LogP contribution is -2.30. The molecule has 0 saturated heterocycles. The molecule has 0 atom stereocenters. The minimum Gasteiger partial charge on any atom is -0.280 e. The monoisotopic (exact) mass is 417 g/mol. The highest BCUT2D eigenvalue weighted by molar-refractivity contribution is 7.18. The highest BCUT2D eigenvalue weighted by Gasteiger charge is 2.27. The van der Waals surface area contributed by atoms with E-state index in [1.54, 1.807) is 36.4 Å². The minimum absolute atomic E-state index is 0.0166. The van der Waals surface area contributed by atoms with Crippen LogP contribution in [0.1, 0.15) is 34.8 Å². The molecule has 0 radical (unpaired) electrons. The van der Waals surface area contributed by atoms with E-state index >= 15 is 0 Å². The molecule has 148 valence electrons. The first-order chi connectivity index (χ1) is 14.5. The quantitative estimate of drug-likeness (QED) is 0.536. The summed E-state index contributed by atoms with van der Waals surface area (Å²) >= 11 is 1.44. The van der Waals surface area contributed by atoms with Crippen LogP contribution in [0.5, 0.6) is 0 Å². The van der Waals surface area contributed by atoms with Crippen LogP contribution in [0, 0.1) is 17.1 Å². The van der Waals surface area contributed by atoms with Gasteiger partial charge in [-0.2, -0.15) is 5.26 Å². The summed E-state index contributed by atoms with van der Waals surface area (Å²) in [5.74, 6) is -0.00737. The number of H-pyrrole nitrogens is 1. The Bertz CT molecular complexity index is 1450. The Morgan fingerprint density at radius 3 is 2.70 bits per heavy atom. The lowest BCUT2D eigenvalue weighted by atomic mass is 9.99. The third-order valence-corrected chi connectivity index (χ3v) is 6.73. The van der Waals surface area contributed by atoms with E-state index in [0.717, 1.165) is 17.7 Å². The summed E-state index contributed by atoms with van der Waals surface area (Å²) in [6.45, 7) is 0.0166. The van der Waals surface area contributed by atoms with Crippen molar-refractivity contribution in [3.8, 4) is 17.2 Å². The molecule has 0 bridgehead atoms. The molecular weight excluding hydrogens is 401 g/mol. The number of hydrogen-bond acceptors (Lipinski definition) is 4. The number of fused-ring (bicyclic) bond motifs is 1. The van der Waals surface area contributed by atoms with Crippen molar-refractivity contribution in [3.05, 3.63) is 91.2 Å². The second kappa shape index (κ2) is 7.08. The summed E-state index contributed by atoms with van der Waals surface area (Å²) < 4.78 is 16.4. The van der Waals surface area contributed by atoms with Gasteiger partial charge in [0.15, 0.2) is 0 Å². The van der Waals surface area contributed by atoms with Gasteiger partial charge in [0, 0.05) is 10.4 Å². The summed E-state index contributed by atoms with van der Waals surface area (Å²) in [5, 5.41) is 9.76. The molecule has 7 heteroatoms. The Morgan fingerprint density at radius 1 is 1.17 bits per heavy atom. The Labute approximate surface area is 174 Å². The van der Waals surface area contributed by atoms with E-state index in [4.69, 9.17) is 0 Å². The molecule has 2 aromatic heterocycles. The normalized spacial score (nSPS) is 13.5. The van der Waals surface area contributed by atoms with E-state index in [-0.39, 0.29) is 6.54 Å². The fourth-order valence-corrected chi connectivity index (χ4v) is 4.97. The molecule has 30 heavy (non-hydrogen) atoms. The van der Waals surface area contributed by atoms with Crippen LogP contribution in [-0.4, -0.2) is 9.55 Å². The first-order valence-electron chi connectivity index (χ1n) is 9.59. The number of nitrogens with one attached hydrogen (secondary N) is 1. The summed E-state index contributed by atoms with van der Waals surface area (Å²) in [7, 11) is 0. The maximum Gasteiger partial charge on any atom is 0.329 e. The average Bonchev–Trinajstić information content (AvgIpc) is 3.50. The second-order valence-electron chi connectivity index (χ2n) is 7.45. The van der Waals surface area contributed by atoms with Crippen LogP contribution in [0.2, 0.25) is 0 Å². The fourth-order valence-electron chi connectivity index (χ4n) is 3.65. The summed E-state index contributed by atoms with van der Waals surface area (Å²) in [6.07, 6.45) is 2.18. The minimum atomic E-state index is -0.546. The van der Waals surface area contributed by atoms with E-state index in [2.05, 4.69) is 11.1 Å². The fraction of sp³-hybridized carbons (Fsp3) is 0.174. The summed E-state index contributed by atoms with van der Waals surface area (Å²) in [4.78, 5) is 28.7. The molecule has 2 heterocycles. The van der Waals surface area contributed by atoms with Gasteiger partial charge >= 0.3 is 5.69 Å². The number of rotatable bonds is 4. The van der Waals surface area contributed by atoms with Crippen LogP contribution in [0.25, 0.3) is 21.3 Å².